The van der Waals surface area contributed by atoms with Gasteiger partial charge >= 0.3 is 0 Å². The molecule has 0 spiro atoms. The van der Waals surface area contributed by atoms with E-state index in [1.807, 2.05) is 6.92 Å². The van der Waals surface area contributed by atoms with Gasteiger partial charge in [0.2, 0.25) is 0 Å². The molecule has 4 nitrogen and oxygen atoms in total. The average molecular weight is 328 g/mol. The monoisotopic (exact) mass is 328 g/mol. The van der Waals surface area contributed by atoms with Crippen LogP contribution in [0.25, 0.3) is 0 Å². The minimum atomic E-state index is -3.73. The quantitative estimate of drug-likeness (QED) is 0.887. The smallest absolute Gasteiger partial charge is 0.273 e. The van der Waals surface area contributed by atoms with E-state index in [9.17, 15) is 12.8 Å². The Hall–Kier alpha value is -1.44. The molecule has 0 amide bonds. The van der Waals surface area contributed by atoms with Gasteiger partial charge in [-0.05, 0) is 30.8 Å². The number of nitrogens with zero attached hydrogens (tertiary/aromatic N) is 1. The second-order valence-electron chi connectivity index (χ2n) is 4.43. The Morgan fingerprint density at radius 2 is 1.95 bits per heavy atom. The molecule has 0 aliphatic rings. The van der Waals surface area contributed by atoms with E-state index in [1.165, 1.54) is 36.6 Å². The van der Waals surface area contributed by atoms with Gasteiger partial charge in [0.1, 0.15) is 10.0 Å². The van der Waals surface area contributed by atoms with Crippen LogP contribution in [0.2, 0.25) is 0 Å². The van der Waals surface area contributed by atoms with Crippen molar-refractivity contribution >= 4 is 27.0 Å². The van der Waals surface area contributed by atoms with Crippen molar-refractivity contribution in [2.75, 3.05) is 17.9 Å². The standard InChI is InChI=1S/C14H17FN2O2S2/c1-3-16-10-11-8-9-14(20-11)21(18,19)17(2)13-7-5-4-6-12(13)15/h4-9,16H,3,10H2,1-2H3. The molecule has 2 rings (SSSR count). The number of benzene rings is 1. The number of hydrogen-bond donors (Lipinski definition) is 1. The molecule has 0 radical (unpaired) electrons. The zero-order valence-electron chi connectivity index (χ0n) is 11.8. The molecule has 0 aliphatic carbocycles. The number of nitrogens with one attached hydrogen (secondary N) is 1. The van der Waals surface area contributed by atoms with Gasteiger partial charge in [-0.2, -0.15) is 0 Å². The van der Waals surface area contributed by atoms with Crippen LogP contribution in [0.4, 0.5) is 10.1 Å². The Bertz CT molecular complexity index is 713. The summed E-state index contributed by atoms with van der Waals surface area (Å²) in [5.74, 6) is -0.562. The maximum Gasteiger partial charge on any atom is 0.273 e. The summed E-state index contributed by atoms with van der Waals surface area (Å²) in [6.07, 6.45) is 0. The van der Waals surface area contributed by atoms with Crippen molar-refractivity contribution in [3.8, 4) is 0 Å². The SMILES string of the molecule is CCNCc1ccc(S(=O)(=O)N(C)c2ccccc2F)s1. The van der Waals surface area contributed by atoms with Crippen LogP contribution < -0.4 is 9.62 Å². The number of halogens is 1. The first-order valence-electron chi connectivity index (χ1n) is 6.49. The normalized spacial score (nSPS) is 11.6. The molecule has 1 N–H and O–H groups in total. The van der Waals surface area contributed by atoms with Gasteiger partial charge in [-0.1, -0.05) is 19.1 Å². The van der Waals surface area contributed by atoms with Gasteiger partial charge in [-0.15, -0.1) is 11.3 Å². The van der Waals surface area contributed by atoms with Crippen LogP contribution >= 0.6 is 11.3 Å². The van der Waals surface area contributed by atoms with Crippen molar-refractivity contribution in [2.24, 2.45) is 0 Å². The topological polar surface area (TPSA) is 49.4 Å². The van der Waals surface area contributed by atoms with Crippen molar-refractivity contribution in [3.05, 3.63) is 47.1 Å². The average Bonchev–Trinajstić information content (AvgIpc) is 2.94. The highest BCUT2D eigenvalue weighted by Crippen LogP contribution is 2.28. The highest BCUT2D eigenvalue weighted by Gasteiger charge is 2.25. The van der Waals surface area contributed by atoms with E-state index in [4.69, 9.17) is 0 Å². The summed E-state index contributed by atoms with van der Waals surface area (Å²) >= 11 is 1.19. The van der Waals surface area contributed by atoms with E-state index < -0.39 is 15.8 Å². The number of sulfonamides is 1. The summed E-state index contributed by atoms with van der Waals surface area (Å²) in [5.41, 5.74) is 0.0409. The zero-order valence-corrected chi connectivity index (χ0v) is 13.5. The molecule has 0 aliphatic heterocycles. The van der Waals surface area contributed by atoms with Crippen molar-refractivity contribution in [1.82, 2.24) is 5.32 Å². The Kier molecular flexibility index (Phi) is 4.97. The largest absolute Gasteiger partial charge is 0.312 e. The Balaban J connectivity index is 2.29. The molecule has 0 saturated carbocycles. The molecule has 1 aromatic carbocycles. The molecule has 1 heterocycles. The molecule has 0 fully saturated rings. The molecule has 7 heteroatoms. The molecule has 1 aromatic heterocycles. The molecular formula is C14H17FN2O2S2. The first-order chi connectivity index (χ1) is 9.96. The lowest BCUT2D eigenvalue weighted by Gasteiger charge is -2.18. The predicted molar refractivity (Wildman–Crippen MR) is 83.7 cm³/mol. The number of hydrogen-bond acceptors (Lipinski definition) is 4. The summed E-state index contributed by atoms with van der Waals surface area (Å²) in [5, 5.41) is 3.14. The first-order valence-corrected chi connectivity index (χ1v) is 8.75. The van der Waals surface area contributed by atoms with Crippen LogP contribution in [0.15, 0.2) is 40.6 Å². The Labute approximate surface area is 128 Å². The lowest BCUT2D eigenvalue weighted by Crippen LogP contribution is -2.26. The zero-order chi connectivity index (χ0) is 15.5. The van der Waals surface area contributed by atoms with Crippen LogP contribution in [0.5, 0.6) is 0 Å². The van der Waals surface area contributed by atoms with Crippen LogP contribution in [0, 0.1) is 5.82 Å². The summed E-state index contributed by atoms with van der Waals surface area (Å²) in [6.45, 7) is 3.42. The van der Waals surface area contributed by atoms with Crippen LogP contribution in [-0.2, 0) is 16.6 Å². The minimum Gasteiger partial charge on any atom is -0.312 e. The molecular weight excluding hydrogens is 311 g/mol. The third-order valence-corrected chi connectivity index (χ3v) is 6.32. The number of anilines is 1. The van der Waals surface area contributed by atoms with E-state index in [0.717, 1.165) is 15.7 Å². The fourth-order valence-corrected chi connectivity index (χ4v) is 4.51. The van der Waals surface area contributed by atoms with E-state index in [0.29, 0.717) is 6.54 Å². The molecule has 0 atom stereocenters. The van der Waals surface area contributed by atoms with Crippen molar-refractivity contribution < 1.29 is 12.8 Å². The Morgan fingerprint density at radius 3 is 2.62 bits per heavy atom. The number of rotatable bonds is 6. The number of para-hydroxylation sites is 1. The maximum absolute atomic E-state index is 13.7. The fourth-order valence-electron chi connectivity index (χ4n) is 1.81. The van der Waals surface area contributed by atoms with Gasteiger partial charge < -0.3 is 5.32 Å². The van der Waals surface area contributed by atoms with E-state index in [2.05, 4.69) is 5.32 Å². The van der Waals surface area contributed by atoms with Crippen LogP contribution in [-0.4, -0.2) is 22.0 Å². The van der Waals surface area contributed by atoms with Crippen molar-refractivity contribution in [1.29, 1.82) is 0 Å². The van der Waals surface area contributed by atoms with Gasteiger partial charge in [0.05, 0.1) is 5.69 Å². The second-order valence-corrected chi connectivity index (χ2v) is 7.79. The molecule has 0 saturated heterocycles. The predicted octanol–water partition coefficient (Wildman–Crippen LogP) is 2.82. The van der Waals surface area contributed by atoms with E-state index in [1.54, 1.807) is 18.2 Å². The first kappa shape index (κ1) is 15.9. The molecule has 21 heavy (non-hydrogen) atoms. The molecule has 114 valence electrons. The van der Waals surface area contributed by atoms with Gasteiger partial charge in [-0.3, -0.25) is 4.31 Å². The van der Waals surface area contributed by atoms with Crippen molar-refractivity contribution in [3.63, 3.8) is 0 Å². The van der Waals surface area contributed by atoms with Gasteiger partial charge in [0, 0.05) is 18.5 Å². The third-order valence-electron chi connectivity index (χ3n) is 2.99. The van der Waals surface area contributed by atoms with Gasteiger partial charge in [0.25, 0.3) is 10.0 Å². The van der Waals surface area contributed by atoms with E-state index >= 15 is 0 Å². The lowest BCUT2D eigenvalue weighted by molar-refractivity contribution is 0.591. The van der Waals surface area contributed by atoms with Crippen molar-refractivity contribution in [2.45, 2.75) is 17.7 Å². The molecule has 2 aromatic rings. The number of thiophene rings is 1. The lowest BCUT2D eigenvalue weighted by atomic mass is 10.3. The van der Waals surface area contributed by atoms with Gasteiger partial charge in [-0.25, -0.2) is 12.8 Å². The second kappa shape index (κ2) is 6.55. The summed E-state index contributed by atoms with van der Waals surface area (Å²) in [7, 11) is -2.38. The highest BCUT2D eigenvalue weighted by molar-refractivity contribution is 7.94. The summed E-state index contributed by atoms with van der Waals surface area (Å²) in [4.78, 5) is 0.928. The summed E-state index contributed by atoms with van der Waals surface area (Å²) in [6, 6.07) is 9.15. The summed E-state index contributed by atoms with van der Waals surface area (Å²) < 4.78 is 40.0. The van der Waals surface area contributed by atoms with Crippen LogP contribution in [0.1, 0.15) is 11.8 Å². The molecule has 0 unspecified atom stereocenters. The fraction of sp³-hybridized carbons (Fsp3) is 0.286. The highest BCUT2D eigenvalue weighted by atomic mass is 32.2. The Morgan fingerprint density at radius 1 is 1.24 bits per heavy atom. The minimum absolute atomic E-state index is 0.0409. The molecule has 0 bridgehead atoms. The third kappa shape index (κ3) is 3.42. The van der Waals surface area contributed by atoms with Crippen LogP contribution in [0.3, 0.4) is 0 Å². The van der Waals surface area contributed by atoms with E-state index in [-0.39, 0.29) is 9.90 Å². The van der Waals surface area contributed by atoms with Gasteiger partial charge in [0.15, 0.2) is 0 Å². The maximum atomic E-state index is 13.7.